The summed E-state index contributed by atoms with van der Waals surface area (Å²) >= 11 is 0. The van der Waals surface area contributed by atoms with Crippen LogP contribution in [-0.2, 0) is 16.1 Å². The third-order valence-corrected chi connectivity index (χ3v) is 6.99. The van der Waals surface area contributed by atoms with Crippen LogP contribution < -0.4 is 16.0 Å². The second-order valence-electron chi connectivity index (χ2n) is 9.31. The Morgan fingerprint density at radius 1 is 1.24 bits per heavy atom. The van der Waals surface area contributed by atoms with Crippen molar-refractivity contribution in [3.8, 4) is 5.75 Å². The summed E-state index contributed by atoms with van der Waals surface area (Å²) in [4.78, 5) is 51.2. The highest BCUT2D eigenvalue weighted by Gasteiger charge is 2.42. The highest BCUT2D eigenvalue weighted by molar-refractivity contribution is 5.80. The van der Waals surface area contributed by atoms with Crippen LogP contribution in [0.5, 0.6) is 5.75 Å². The molecule has 1 aromatic heterocycles. The number of aromatic nitrogens is 2. The number of likely N-dealkylation sites (tertiary alicyclic amines) is 1. The van der Waals surface area contributed by atoms with Crippen LogP contribution in [0.4, 0.5) is 8.78 Å². The summed E-state index contributed by atoms with van der Waals surface area (Å²) in [5.74, 6) is 0.0639. The zero-order valence-electron chi connectivity index (χ0n) is 20.8. The molecule has 1 aliphatic heterocycles. The van der Waals surface area contributed by atoms with Gasteiger partial charge in [0.2, 0.25) is 6.41 Å². The number of nitro groups is 1. The third-order valence-electron chi connectivity index (χ3n) is 6.99. The summed E-state index contributed by atoms with van der Waals surface area (Å²) in [5, 5.41) is 11.8. The summed E-state index contributed by atoms with van der Waals surface area (Å²) in [6.45, 7) is -1.51. The van der Waals surface area contributed by atoms with Crippen LogP contribution in [0.25, 0.3) is 10.9 Å². The van der Waals surface area contributed by atoms with E-state index in [1.54, 1.807) is 11.0 Å². The van der Waals surface area contributed by atoms with Crippen molar-refractivity contribution in [2.24, 2.45) is 0 Å². The topological polar surface area (TPSA) is 126 Å². The molecule has 38 heavy (non-hydrogen) atoms. The van der Waals surface area contributed by atoms with Gasteiger partial charge in [-0.15, -0.1) is 0 Å². The molecule has 13 heteroatoms. The summed E-state index contributed by atoms with van der Waals surface area (Å²) in [7, 11) is 1.21. The van der Waals surface area contributed by atoms with Crippen molar-refractivity contribution in [3.63, 3.8) is 0 Å². The second-order valence-corrected chi connectivity index (χ2v) is 9.31. The molecule has 1 saturated heterocycles. The lowest BCUT2D eigenvalue weighted by Crippen LogP contribution is -2.45. The summed E-state index contributed by atoms with van der Waals surface area (Å²) in [5.41, 5.74) is -2.35. The van der Waals surface area contributed by atoms with Gasteiger partial charge in [-0.2, -0.15) is 0 Å². The zero-order chi connectivity index (χ0) is 27.4. The smallest absolute Gasteiger partial charge is 0.348 e. The average Bonchev–Trinajstić information content (AvgIpc) is 2.94. The standard InChI is InChI=1S/C25H28F2N4O7/c1-37-25(31(35)36)8-2-3-17(12-25)15-29-23(33)21-11-19(38-20(13-26)14-27)4-5-22(21)30(24(29)34)18-6-9-28(16-32)10-7-18/h2-5,8,11,16,18,20H,6-7,9-10,12-15H2,1H3. The van der Waals surface area contributed by atoms with Gasteiger partial charge >= 0.3 is 11.4 Å². The minimum atomic E-state index is -1.82. The number of amides is 1. The van der Waals surface area contributed by atoms with Crippen LogP contribution in [0, 0.1) is 10.1 Å². The van der Waals surface area contributed by atoms with Crippen molar-refractivity contribution in [2.45, 2.75) is 43.7 Å². The predicted molar refractivity (Wildman–Crippen MR) is 133 cm³/mol. The zero-order valence-corrected chi connectivity index (χ0v) is 20.8. The number of halogens is 2. The monoisotopic (exact) mass is 534 g/mol. The maximum atomic E-state index is 13.7. The third kappa shape index (κ3) is 5.10. The Kier molecular flexibility index (Phi) is 8.05. The Morgan fingerprint density at radius 2 is 1.95 bits per heavy atom. The van der Waals surface area contributed by atoms with E-state index < -0.39 is 41.4 Å². The quantitative estimate of drug-likeness (QED) is 0.198. The molecular formula is C25H28F2N4O7. The Morgan fingerprint density at radius 3 is 2.55 bits per heavy atom. The van der Waals surface area contributed by atoms with Gasteiger partial charge in [0.1, 0.15) is 19.1 Å². The first-order valence-corrected chi connectivity index (χ1v) is 12.1. The maximum absolute atomic E-state index is 13.7. The van der Waals surface area contributed by atoms with E-state index in [9.17, 15) is 33.3 Å². The molecule has 204 valence electrons. The molecule has 0 bridgehead atoms. The van der Waals surface area contributed by atoms with Gasteiger partial charge in [0.15, 0.2) is 6.10 Å². The van der Waals surface area contributed by atoms with Crippen LogP contribution in [0.2, 0.25) is 0 Å². The van der Waals surface area contributed by atoms with E-state index in [1.807, 2.05) is 0 Å². The van der Waals surface area contributed by atoms with Crippen molar-refractivity contribution in [1.29, 1.82) is 0 Å². The van der Waals surface area contributed by atoms with E-state index in [2.05, 4.69) is 0 Å². The van der Waals surface area contributed by atoms with Crippen molar-refractivity contribution in [1.82, 2.24) is 14.0 Å². The molecule has 0 radical (unpaired) electrons. The van der Waals surface area contributed by atoms with Crippen LogP contribution in [0.3, 0.4) is 0 Å². The molecule has 1 amide bonds. The van der Waals surface area contributed by atoms with Gasteiger partial charge in [0.05, 0.1) is 28.8 Å². The van der Waals surface area contributed by atoms with Gasteiger partial charge in [0.25, 0.3) is 5.56 Å². The van der Waals surface area contributed by atoms with E-state index in [4.69, 9.17) is 9.47 Å². The van der Waals surface area contributed by atoms with E-state index in [-0.39, 0.29) is 30.1 Å². The van der Waals surface area contributed by atoms with Crippen molar-refractivity contribution in [2.75, 3.05) is 33.5 Å². The summed E-state index contributed by atoms with van der Waals surface area (Å²) < 4.78 is 39.1. The van der Waals surface area contributed by atoms with Gasteiger partial charge < -0.3 is 14.4 Å². The maximum Gasteiger partial charge on any atom is 0.348 e. The highest BCUT2D eigenvalue weighted by atomic mass is 19.1. The number of carbonyl (C=O) groups excluding carboxylic acids is 1. The van der Waals surface area contributed by atoms with Gasteiger partial charge in [0, 0.05) is 32.3 Å². The fraction of sp³-hybridized carbons (Fsp3) is 0.480. The molecule has 1 unspecified atom stereocenters. The lowest BCUT2D eigenvalue weighted by atomic mass is 9.97. The fourth-order valence-corrected chi connectivity index (χ4v) is 4.90. The van der Waals surface area contributed by atoms with E-state index in [0.717, 1.165) is 11.0 Å². The molecule has 1 atom stereocenters. The number of piperidine rings is 1. The number of benzene rings is 1. The number of allylic oxidation sites excluding steroid dienone is 2. The Bertz CT molecular complexity index is 1390. The molecule has 2 aliphatic rings. The first kappa shape index (κ1) is 27.2. The number of hydrogen-bond donors (Lipinski definition) is 0. The number of ether oxygens (including phenoxy) is 2. The molecule has 1 aliphatic carbocycles. The Labute approximate surface area is 215 Å². The minimum absolute atomic E-state index is 0.0639. The van der Waals surface area contributed by atoms with Gasteiger partial charge in [-0.25, -0.2) is 13.6 Å². The first-order valence-electron chi connectivity index (χ1n) is 12.1. The Hall–Kier alpha value is -3.87. The van der Waals surface area contributed by atoms with Crippen LogP contribution in [0.15, 0.2) is 51.6 Å². The van der Waals surface area contributed by atoms with E-state index >= 15 is 0 Å². The van der Waals surface area contributed by atoms with Crippen LogP contribution in [-0.4, -0.2) is 70.7 Å². The lowest BCUT2D eigenvalue weighted by molar-refractivity contribution is -0.610. The molecule has 2 heterocycles. The van der Waals surface area contributed by atoms with Crippen LogP contribution in [0.1, 0.15) is 25.3 Å². The van der Waals surface area contributed by atoms with Crippen molar-refractivity contribution in [3.05, 3.63) is 73.0 Å². The molecule has 0 saturated carbocycles. The number of alkyl halides is 2. The summed E-state index contributed by atoms with van der Waals surface area (Å²) in [6, 6.07) is 3.96. The first-order chi connectivity index (χ1) is 18.3. The number of methoxy groups -OCH3 is 1. The predicted octanol–water partition coefficient (Wildman–Crippen LogP) is 2.15. The average molecular weight is 535 g/mol. The molecular weight excluding hydrogens is 506 g/mol. The molecule has 4 rings (SSSR count). The molecule has 1 fully saturated rings. The number of rotatable bonds is 10. The summed E-state index contributed by atoms with van der Waals surface area (Å²) in [6.07, 6.45) is 4.51. The molecule has 2 aromatic rings. The minimum Gasteiger partial charge on any atom is -0.485 e. The number of nitrogens with zero attached hydrogens (tertiary/aromatic N) is 4. The van der Waals surface area contributed by atoms with Crippen molar-refractivity contribution < 1.29 is 28.0 Å². The SMILES string of the molecule is COC1([N+](=O)[O-])C=CC=C(Cn2c(=O)c3cc(OC(CF)CF)ccc3n(C3CCN(C=O)CC3)c2=O)C1. The number of carbonyl (C=O) groups is 1. The van der Waals surface area contributed by atoms with E-state index in [1.165, 1.54) is 42.0 Å². The molecule has 11 nitrogen and oxygen atoms in total. The lowest BCUT2D eigenvalue weighted by Gasteiger charge is -2.31. The normalized spacial score (nSPS) is 20.1. The molecule has 0 N–H and O–H groups in total. The largest absolute Gasteiger partial charge is 0.485 e. The number of hydrogen-bond acceptors (Lipinski definition) is 7. The molecule has 1 aromatic carbocycles. The van der Waals surface area contributed by atoms with Crippen LogP contribution >= 0.6 is 0 Å². The highest BCUT2D eigenvalue weighted by Crippen LogP contribution is 2.29. The number of fused-ring (bicyclic) bond motifs is 1. The van der Waals surface area contributed by atoms with Crippen molar-refractivity contribution >= 4 is 17.3 Å². The van der Waals surface area contributed by atoms with Gasteiger partial charge in [-0.05, 0) is 36.6 Å². The van der Waals surface area contributed by atoms with Gasteiger partial charge in [-0.1, -0.05) is 12.2 Å². The fourth-order valence-electron chi connectivity index (χ4n) is 4.90. The second kappa shape index (κ2) is 11.3. The molecule has 0 spiro atoms. The van der Waals surface area contributed by atoms with E-state index in [0.29, 0.717) is 37.0 Å². The Balaban J connectivity index is 1.82. The van der Waals surface area contributed by atoms with Gasteiger partial charge in [-0.3, -0.25) is 28.8 Å².